The molecule has 3 aliphatic rings. The van der Waals surface area contributed by atoms with Crippen molar-refractivity contribution in [3.05, 3.63) is 72.0 Å². The number of ether oxygens (including phenoxy) is 1. The topological polar surface area (TPSA) is 136 Å². The lowest BCUT2D eigenvalue weighted by Crippen LogP contribution is -3.12. The zero-order chi connectivity index (χ0) is 28.9. The fourth-order valence-electron chi connectivity index (χ4n) is 4.93. The monoisotopic (exact) mass is 561 g/mol. The van der Waals surface area contributed by atoms with Crippen LogP contribution in [0.5, 0.6) is 0 Å². The quantitative estimate of drug-likeness (QED) is 0.330. The average Bonchev–Trinajstić information content (AvgIpc) is 3.46. The Labute approximate surface area is 239 Å². The fourth-order valence-corrected chi connectivity index (χ4v) is 4.93. The number of hydrogen-bond acceptors (Lipinski definition) is 8. The maximum atomic E-state index is 12.8. The number of quaternary nitrogens is 1. The number of pyridine rings is 1. The Bertz CT molecular complexity index is 1370. The van der Waals surface area contributed by atoms with E-state index < -0.39 is 0 Å². The van der Waals surface area contributed by atoms with E-state index in [9.17, 15) is 14.7 Å². The van der Waals surface area contributed by atoms with Crippen LogP contribution in [0.3, 0.4) is 0 Å². The van der Waals surface area contributed by atoms with Crippen LogP contribution < -0.4 is 25.8 Å². The second-order valence-electron chi connectivity index (χ2n) is 10.5. The number of carbonyl (C=O) groups is 2. The minimum Gasteiger partial charge on any atom is -0.394 e. The van der Waals surface area contributed by atoms with Gasteiger partial charge >= 0.3 is 6.03 Å². The molecule has 5 rings (SSSR count). The molecule has 2 aromatic rings. The number of aliphatic hydroxyl groups excluding tert-OH is 1. The lowest BCUT2D eigenvalue weighted by Gasteiger charge is -2.31. The molecule has 3 aliphatic heterocycles. The molecule has 12 heteroatoms. The number of aliphatic hydroxyl groups is 1. The summed E-state index contributed by atoms with van der Waals surface area (Å²) in [5.74, 6) is 1.49. The Morgan fingerprint density at radius 1 is 1.17 bits per heavy atom. The first kappa shape index (κ1) is 28.3. The van der Waals surface area contributed by atoms with E-state index in [0.717, 1.165) is 27.7 Å². The van der Waals surface area contributed by atoms with Crippen molar-refractivity contribution < 1.29 is 24.3 Å². The van der Waals surface area contributed by atoms with Crippen molar-refractivity contribution in [3.8, 4) is 0 Å². The number of aromatic nitrogens is 1. The van der Waals surface area contributed by atoms with Crippen LogP contribution in [-0.2, 0) is 4.74 Å². The van der Waals surface area contributed by atoms with Gasteiger partial charge in [0.25, 0.3) is 11.7 Å². The number of carbonyl (C=O) groups excluding carboxylic acids is 2. The van der Waals surface area contributed by atoms with Gasteiger partial charge in [0.15, 0.2) is 6.67 Å². The summed E-state index contributed by atoms with van der Waals surface area (Å²) in [5.41, 5.74) is 3.81. The molecule has 41 heavy (non-hydrogen) atoms. The molecular formula is C29H37N8O4+. The Hall–Kier alpha value is -4.26. The highest BCUT2D eigenvalue weighted by Gasteiger charge is 2.32. The molecule has 1 fully saturated rings. The van der Waals surface area contributed by atoms with Gasteiger partial charge in [0.1, 0.15) is 17.7 Å². The highest BCUT2D eigenvalue weighted by atomic mass is 16.5. The molecule has 2 atom stereocenters. The molecule has 1 aromatic heterocycles. The van der Waals surface area contributed by atoms with Gasteiger partial charge in [0, 0.05) is 31.2 Å². The van der Waals surface area contributed by atoms with Gasteiger partial charge in [-0.3, -0.25) is 9.69 Å². The molecule has 0 saturated carbocycles. The van der Waals surface area contributed by atoms with Gasteiger partial charge in [-0.05, 0) is 42.7 Å². The summed E-state index contributed by atoms with van der Waals surface area (Å²) in [6, 6.07) is 8.63. The van der Waals surface area contributed by atoms with Crippen LogP contribution in [0.2, 0.25) is 0 Å². The van der Waals surface area contributed by atoms with Crippen molar-refractivity contribution >= 4 is 35.0 Å². The maximum absolute atomic E-state index is 12.8. The number of hydrogen-bond donors (Lipinski definition) is 5. The summed E-state index contributed by atoms with van der Waals surface area (Å²) in [4.78, 5) is 39.4. The largest absolute Gasteiger partial charge is 0.394 e. The third kappa shape index (κ3) is 6.40. The number of aliphatic imine (C=N–C) groups is 1. The van der Waals surface area contributed by atoms with Crippen molar-refractivity contribution in [1.82, 2.24) is 15.2 Å². The van der Waals surface area contributed by atoms with Crippen molar-refractivity contribution in [2.24, 2.45) is 10.9 Å². The summed E-state index contributed by atoms with van der Waals surface area (Å²) in [6.07, 6.45) is 7.34. The van der Waals surface area contributed by atoms with E-state index in [0.29, 0.717) is 50.0 Å². The fraction of sp³-hybridized carbons (Fsp3) is 0.379. The first-order chi connectivity index (χ1) is 19.8. The number of morpholine rings is 1. The minimum absolute atomic E-state index is 0.0517. The zero-order valence-corrected chi connectivity index (χ0v) is 23.6. The van der Waals surface area contributed by atoms with Crippen LogP contribution in [0.15, 0.2) is 65.8 Å². The third-order valence-electron chi connectivity index (χ3n) is 7.42. The number of nitrogens with one attached hydrogen (secondary N) is 4. The van der Waals surface area contributed by atoms with E-state index in [-0.39, 0.29) is 30.5 Å². The standard InChI is InChI=1S/C29H36N8O4/c1-19(2)24(17-38)34-29(40)33-22-5-4-6-25(20(22)3)37-16-23(27-30-9-10-36(27)18-37)32-26-8-7-21(15-31-26)28(39)35-11-13-41-14-12-35/h4-10,15-16,19,24,38H,11-14,17-18H2,1-3H3,(H,31,32)(H2,33,34,40)/p+1/t24-/m1/s1. The lowest BCUT2D eigenvalue weighted by molar-refractivity contribution is -0.743. The summed E-state index contributed by atoms with van der Waals surface area (Å²) < 4.78 is 5.34. The number of fused-ring (bicyclic) bond motifs is 1. The van der Waals surface area contributed by atoms with Crippen molar-refractivity contribution in [2.45, 2.75) is 26.8 Å². The second-order valence-corrected chi connectivity index (χ2v) is 10.5. The van der Waals surface area contributed by atoms with Crippen LogP contribution >= 0.6 is 0 Å². The summed E-state index contributed by atoms with van der Waals surface area (Å²) >= 11 is 0. The van der Waals surface area contributed by atoms with E-state index in [1.54, 1.807) is 29.4 Å². The van der Waals surface area contributed by atoms with E-state index in [2.05, 4.69) is 30.8 Å². The van der Waals surface area contributed by atoms with Crippen LogP contribution in [-0.4, -0.2) is 78.4 Å². The molecule has 1 unspecified atom stereocenters. The Morgan fingerprint density at radius 3 is 2.68 bits per heavy atom. The summed E-state index contributed by atoms with van der Waals surface area (Å²) in [7, 11) is 0. The number of benzene rings is 1. The van der Waals surface area contributed by atoms with Gasteiger partial charge in [0.2, 0.25) is 0 Å². The van der Waals surface area contributed by atoms with Crippen LogP contribution in [0.4, 0.5) is 22.0 Å². The summed E-state index contributed by atoms with van der Waals surface area (Å²) in [6.45, 7) is 8.59. The van der Waals surface area contributed by atoms with E-state index >= 15 is 0 Å². The molecule has 5 N–H and O–H groups in total. The molecule has 3 amide bonds. The highest BCUT2D eigenvalue weighted by Crippen LogP contribution is 2.28. The SMILES string of the molecule is Cc1c(NC(=O)N[C@H](CO)C(C)C)cccc1N1C=C(Nc2ccc(C(=O)N3CCOCC3)cn2)C2=NC=C[NH+]2C1. The van der Waals surface area contributed by atoms with Gasteiger partial charge in [-0.15, -0.1) is 0 Å². The highest BCUT2D eigenvalue weighted by molar-refractivity contribution is 5.98. The molecule has 0 radical (unpaired) electrons. The summed E-state index contributed by atoms with van der Waals surface area (Å²) in [5, 5.41) is 18.7. The van der Waals surface area contributed by atoms with E-state index in [1.807, 2.05) is 51.4 Å². The molecular weight excluding hydrogens is 524 g/mol. The number of amidine groups is 1. The number of anilines is 3. The molecule has 12 nitrogen and oxygen atoms in total. The van der Waals surface area contributed by atoms with Crippen molar-refractivity contribution in [2.75, 3.05) is 55.1 Å². The lowest BCUT2D eigenvalue weighted by atomic mass is 10.1. The predicted molar refractivity (Wildman–Crippen MR) is 157 cm³/mol. The van der Waals surface area contributed by atoms with Crippen LogP contribution in [0.25, 0.3) is 0 Å². The maximum Gasteiger partial charge on any atom is 0.319 e. The normalized spacial score (nSPS) is 18.9. The van der Waals surface area contributed by atoms with Gasteiger partial charge in [0.05, 0.1) is 43.3 Å². The van der Waals surface area contributed by atoms with E-state index in [4.69, 9.17) is 4.74 Å². The first-order valence-electron chi connectivity index (χ1n) is 13.8. The number of urea groups is 1. The number of nitrogens with zero attached hydrogens (tertiary/aromatic N) is 4. The molecule has 4 heterocycles. The van der Waals surface area contributed by atoms with E-state index in [1.165, 1.54) is 0 Å². The zero-order valence-electron chi connectivity index (χ0n) is 23.6. The molecule has 0 bridgehead atoms. The Balaban J connectivity index is 1.33. The van der Waals surface area contributed by atoms with Crippen molar-refractivity contribution in [1.29, 1.82) is 0 Å². The van der Waals surface area contributed by atoms with Gasteiger partial charge in [-0.25, -0.2) is 14.7 Å². The van der Waals surface area contributed by atoms with Crippen LogP contribution in [0.1, 0.15) is 29.8 Å². The molecule has 1 saturated heterocycles. The van der Waals surface area contributed by atoms with Gasteiger partial charge in [-0.1, -0.05) is 19.9 Å². The molecule has 1 aromatic carbocycles. The molecule has 216 valence electrons. The minimum atomic E-state index is -0.362. The Kier molecular flexibility index (Phi) is 8.62. The number of rotatable bonds is 8. The predicted octanol–water partition coefficient (Wildman–Crippen LogP) is 1.50. The van der Waals surface area contributed by atoms with Gasteiger partial charge < -0.3 is 30.7 Å². The molecule has 0 spiro atoms. The Morgan fingerprint density at radius 2 is 1.98 bits per heavy atom. The average molecular weight is 562 g/mol. The smallest absolute Gasteiger partial charge is 0.319 e. The number of amides is 3. The third-order valence-corrected chi connectivity index (χ3v) is 7.42. The molecule has 0 aliphatic carbocycles. The van der Waals surface area contributed by atoms with Crippen molar-refractivity contribution in [3.63, 3.8) is 0 Å². The first-order valence-corrected chi connectivity index (χ1v) is 13.8. The second kappa shape index (κ2) is 12.5. The van der Waals surface area contributed by atoms with Gasteiger partial charge in [-0.2, -0.15) is 4.99 Å². The van der Waals surface area contributed by atoms with Crippen LogP contribution in [0, 0.1) is 12.8 Å².